The SMILES string of the molecule is CCOC(=O)C(=O)c1ccc(Cl)c(OC(C)C)c1. The summed E-state index contributed by atoms with van der Waals surface area (Å²) < 4.78 is 10.1. The largest absolute Gasteiger partial charge is 0.489 e. The van der Waals surface area contributed by atoms with Gasteiger partial charge in [0.2, 0.25) is 0 Å². The van der Waals surface area contributed by atoms with Crippen LogP contribution >= 0.6 is 11.6 Å². The predicted molar refractivity (Wildman–Crippen MR) is 68.2 cm³/mol. The normalized spacial score (nSPS) is 10.3. The van der Waals surface area contributed by atoms with Crippen molar-refractivity contribution in [2.75, 3.05) is 6.61 Å². The van der Waals surface area contributed by atoms with Crippen molar-refractivity contribution in [3.63, 3.8) is 0 Å². The van der Waals surface area contributed by atoms with E-state index in [1.807, 2.05) is 13.8 Å². The van der Waals surface area contributed by atoms with Crippen molar-refractivity contribution in [2.45, 2.75) is 26.9 Å². The number of halogens is 1. The lowest BCUT2D eigenvalue weighted by molar-refractivity contribution is -0.137. The molecule has 0 amide bonds. The van der Waals surface area contributed by atoms with Gasteiger partial charge in [-0.15, -0.1) is 0 Å². The molecule has 5 heteroatoms. The number of benzene rings is 1. The average molecular weight is 271 g/mol. The van der Waals surface area contributed by atoms with Gasteiger partial charge in [-0.3, -0.25) is 4.79 Å². The summed E-state index contributed by atoms with van der Waals surface area (Å²) in [5.41, 5.74) is 0.202. The maximum absolute atomic E-state index is 11.7. The lowest BCUT2D eigenvalue weighted by Crippen LogP contribution is -2.17. The summed E-state index contributed by atoms with van der Waals surface area (Å²) >= 11 is 5.93. The van der Waals surface area contributed by atoms with Gasteiger partial charge in [0, 0.05) is 5.56 Å². The van der Waals surface area contributed by atoms with Crippen LogP contribution in [0.4, 0.5) is 0 Å². The summed E-state index contributed by atoms with van der Waals surface area (Å²) in [5, 5.41) is 0.393. The Balaban J connectivity index is 2.97. The maximum Gasteiger partial charge on any atom is 0.379 e. The molecule has 1 rings (SSSR count). The van der Waals surface area contributed by atoms with Gasteiger partial charge < -0.3 is 9.47 Å². The first kappa shape index (κ1) is 14.5. The zero-order chi connectivity index (χ0) is 13.7. The van der Waals surface area contributed by atoms with Gasteiger partial charge in [-0.2, -0.15) is 0 Å². The van der Waals surface area contributed by atoms with Crippen LogP contribution in [-0.2, 0) is 9.53 Å². The molecule has 0 aliphatic heterocycles. The van der Waals surface area contributed by atoms with E-state index in [0.29, 0.717) is 10.8 Å². The number of rotatable bonds is 5. The minimum Gasteiger partial charge on any atom is -0.489 e. The summed E-state index contributed by atoms with van der Waals surface area (Å²) in [6.45, 7) is 5.49. The van der Waals surface area contributed by atoms with E-state index in [2.05, 4.69) is 4.74 Å². The second kappa shape index (κ2) is 6.40. The standard InChI is InChI=1S/C13H15ClO4/c1-4-17-13(16)12(15)9-5-6-10(14)11(7-9)18-8(2)3/h5-8H,4H2,1-3H3. The second-order valence-electron chi connectivity index (χ2n) is 3.86. The van der Waals surface area contributed by atoms with E-state index in [9.17, 15) is 9.59 Å². The fraction of sp³-hybridized carbons (Fsp3) is 0.385. The summed E-state index contributed by atoms with van der Waals surface area (Å²) in [6, 6.07) is 4.43. The van der Waals surface area contributed by atoms with E-state index < -0.39 is 11.8 Å². The Labute approximate surface area is 111 Å². The molecule has 0 saturated heterocycles. The van der Waals surface area contributed by atoms with Crippen LogP contribution in [0.1, 0.15) is 31.1 Å². The van der Waals surface area contributed by atoms with Crippen molar-refractivity contribution in [1.82, 2.24) is 0 Å². The first-order chi connectivity index (χ1) is 8.45. The topological polar surface area (TPSA) is 52.6 Å². The van der Waals surface area contributed by atoms with Crippen molar-refractivity contribution >= 4 is 23.4 Å². The highest BCUT2D eigenvalue weighted by molar-refractivity contribution is 6.41. The molecule has 0 aliphatic carbocycles. The quantitative estimate of drug-likeness (QED) is 0.469. The Bertz CT molecular complexity index is 454. The molecule has 4 nitrogen and oxygen atoms in total. The molecule has 0 spiro atoms. The van der Waals surface area contributed by atoms with Crippen molar-refractivity contribution < 1.29 is 19.1 Å². The summed E-state index contributed by atoms with van der Waals surface area (Å²) in [7, 11) is 0. The van der Waals surface area contributed by atoms with Crippen molar-refractivity contribution in [2.24, 2.45) is 0 Å². The van der Waals surface area contributed by atoms with E-state index in [4.69, 9.17) is 16.3 Å². The Kier molecular flexibility index (Phi) is 5.16. The van der Waals surface area contributed by atoms with Gasteiger partial charge in [0.15, 0.2) is 0 Å². The van der Waals surface area contributed by atoms with Crippen LogP contribution in [-0.4, -0.2) is 24.5 Å². The second-order valence-corrected chi connectivity index (χ2v) is 4.27. The van der Waals surface area contributed by atoms with Crippen LogP contribution in [0.25, 0.3) is 0 Å². The minimum atomic E-state index is -0.879. The van der Waals surface area contributed by atoms with Crippen molar-refractivity contribution in [3.05, 3.63) is 28.8 Å². The van der Waals surface area contributed by atoms with Gasteiger partial charge in [0.25, 0.3) is 5.78 Å². The summed E-state index contributed by atoms with van der Waals surface area (Å²) in [4.78, 5) is 23.0. The molecular weight excluding hydrogens is 256 g/mol. The van der Waals surface area contributed by atoms with Crippen LogP contribution in [0.5, 0.6) is 5.75 Å². The van der Waals surface area contributed by atoms with Crippen LogP contribution < -0.4 is 4.74 Å². The third-order valence-corrected chi connectivity index (χ3v) is 2.33. The Hall–Kier alpha value is -1.55. The number of carbonyl (C=O) groups is 2. The molecule has 98 valence electrons. The molecular formula is C13H15ClO4. The van der Waals surface area contributed by atoms with Gasteiger partial charge in [0.05, 0.1) is 17.7 Å². The van der Waals surface area contributed by atoms with Crippen LogP contribution in [0.15, 0.2) is 18.2 Å². The minimum absolute atomic E-state index is 0.0737. The Morgan fingerprint density at radius 2 is 2.00 bits per heavy atom. The van der Waals surface area contributed by atoms with E-state index in [1.165, 1.54) is 18.2 Å². The molecule has 0 bridgehead atoms. The molecule has 0 aliphatic rings. The highest BCUT2D eigenvalue weighted by Crippen LogP contribution is 2.26. The van der Waals surface area contributed by atoms with E-state index in [-0.39, 0.29) is 18.3 Å². The zero-order valence-electron chi connectivity index (χ0n) is 10.5. The van der Waals surface area contributed by atoms with Crippen LogP contribution in [0, 0.1) is 0 Å². The third-order valence-electron chi connectivity index (χ3n) is 2.02. The molecule has 0 fully saturated rings. The molecule has 1 aromatic rings. The van der Waals surface area contributed by atoms with Crippen LogP contribution in [0.2, 0.25) is 5.02 Å². The molecule has 0 radical (unpaired) electrons. The van der Waals surface area contributed by atoms with Gasteiger partial charge in [0.1, 0.15) is 5.75 Å². The fourth-order valence-electron chi connectivity index (χ4n) is 1.30. The molecule has 0 unspecified atom stereocenters. The number of ether oxygens (including phenoxy) is 2. The first-order valence-corrected chi connectivity index (χ1v) is 6.01. The Morgan fingerprint density at radius 3 is 2.56 bits per heavy atom. The van der Waals surface area contributed by atoms with Crippen LogP contribution in [0.3, 0.4) is 0 Å². The number of Topliss-reactive ketones (excluding diaryl/α,β-unsaturated/α-hetero) is 1. The molecule has 0 atom stereocenters. The highest BCUT2D eigenvalue weighted by Gasteiger charge is 2.19. The number of ketones is 1. The molecule has 0 N–H and O–H groups in total. The third kappa shape index (κ3) is 3.74. The molecule has 18 heavy (non-hydrogen) atoms. The van der Waals surface area contributed by atoms with E-state index in [0.717, 1.165) is 0 Å². The zero-order valence-corrected chi connectivity index (χ0v) is 11.3. The highest BCUT2D eigenvalue weighted by atomic mass is 35.5. The molecule has 1 aromatic carbocycles. The average Bonchev–Trinajstić information content (AvgIpc) is 2.31. The number of hydrogen-bond donors (Lipinski definition) is 0. The summed E-state index contributed by atoms with van der Waals surface area (Å²) in [5.74, 6) is -1.21. The van der Waals surface area contributed by atoms with Gasteiger partial charge >= 0.3 is 5.97 Å². The van der Waals surface area contributed by atoms with E-state index >= 15 is 0 Å². The number of carbonyl (C=O) groups excluding carboxylic acids is 2. The lowest BCUT2D eigenvalue weighted by Gasteiger charge is -2.12. The number of hydrogen-bond acceptors (Lipinski definition) is 4. The van der Waals surface area contributed by atoms with Crippen molar-refractivity contribution in [1.29, 1.82) is 0 Å². The van der Waals surface area contributed by atoms with E-state index in [1.54, 1.807) is 6.92 Å². The monoisotopic (exact) mass is 270 g/mol. The predicted octanol–water partition coefficient (Wildman–Crippen LogP) is 2.87. The Morgan fingerprint density at radius 1 is 1.33 bits per heavy atom. The number of esters is 1. The first-order valence-electron chi connectivity index (χ1n) is 5.63. The van der Waals surface area contributed by atoms with Gasteiger partial charge in [-0.1, -0.05) is 11.6 Å². The molecule has 0 heterocycles. The van der Waals surface area contributed by atoms with Gasteiger partial charge in [-0.25, -0.2) is 4.79 Å². The fourth-order valence-corrected chi connectivity index (χ4v) is 1.47. The lowest BCUT2D eigenvalue weighted by atomic mass is 10.1. The maximum atomic E-state index is 11.7. The van der Waals surface area contributed by atoms with Gasteiger partial charge in [-0.05, 0) is 39.0 Å². The van der Waals surface area contributed by atoms with Crippen molar-refractivity contribution in [3.8, 4) is 5.75 Å². The smallest absolute Gasteiger partial charge is 0.379 e. The summed E-state index contributed by atoms with van der Waals surface area (Å²) in [6.07, 6.45) is -0.0737. The molecule has 0 saturated carbocycles. The molecule has 0 aromatic heterocycles.